The minimum atomic E-state index is -0.233. The predicted octanol–water partition coefficient (Wildman–Crippen LogP) is 3.93. The second kappa shape index (κ2) is 5.44. The highest BCUT2D eigenvalue weighted by atomic mass is 15.1. The number of hydrogen-bond acceptors (Lipinski definition) is 2. The molecule has 0 spiro atoms. The summed E-state index contributed by atoms with van der Waals surface area (Å²) in [6.45, 7) is 7.07. The molecule has 0 aliphatic carbocycles. The summed E-state index contributed by atoms with van der Waals surface area (Å²) < 4.78 is 2.29. The molecule has 1 aromatic heterocycles. The van der Waals surface area contributed by atoms with Crippen LogP contribution in [0.15, 0.2) is 24.3 Å². The Morgan fingerprint density at radius 3 is 2.74 bits per heavy atom. The maximum atomic E-state index is 9.05. The second-order valence-corrected chi connectivity index (χ2v) is 5.62. The van der Waals surface area contributed by atoms with Crippen LogP contribution in [0, 0.1) is 16.7 Å². The molecule has 1 aromatic carbocycles. The van der Waals surface area contributed by atoms with Gasteiger partial charge in [-0.1, -0.05) is 19.1 Å². The number of para-hydroxylation sites is 2. The molecule has 1 heterocycles. The van der Waals surface area contributed by atoms with Gasteiger partial charge in [0.05, 0.1) is 22.5 Å². The molecular formula is C16H21N3. The van der Waals surface area contributed by atoms with E-state index in [1.54, 1.807) is 0 Å². The number of imidazole rings is 1. The Morgan fingerprint density at radius 1 is 1.32 bits per heavy atom. The Hall–Kier alpha value is -1.82. The molecule has 0 saturated carbocycles. The zero-order valence-corrected chi connectivity index (χ0v) is 12.0. The van der Waals surface area contributed by atoms with Gasteiger partial charge in [-0.15, -0.1) is 0 Å². The van der Waals surface area contributed by atoms with E-state index in [0.29, 0.717) is 0 Å². The van der Waals surface area contributed by atoms with Crippen molar-refractivity contribution < 1.29 is 0 Å². The zero-order chi connectivity index (χ0) is 13.9. The summed E-state index contributed by atoms with van der Waals surface area (Å²) in [6, 6.07) is 10.6. The largest absolute Gasteiger partial charge is 0.328 e. The van der Waals surface area contributed by atoms with Gasteiger partial charge in [0.25, 0.3) is 0 Å². The molecule has 0 radical (unpaired) electrons. The summed E-state index contributed by atoms with van der Waals surface area (Å²) in [5.41, 5.74) is 2.04. The van der Waals surface area contributed by atoms with Crippen molar-refractivity contribution in [2.45, 2.75) is 46.6 Å². The maximum Gasteiger partial charge on any atom is 0.109 e. The summed E-state index contributed by atoms with van der Waals surface area (Å²) in [7, 11) is 0. The Balaban J connectivity index is 2.18. The summed E-state index contributed by atoms with van der Waals surface area (Å²) in [4.78, 5) is 4.66. The van der Waals surface area contributed by atoms with E-state index in [9.17, 15) is 0 Å². The van der Waals surface area contributed by atoms with E-state index in [2.05, 4.69) is 40.7 Å². The van der Waals surface area contributed by atoms with E-state index in [0.717, 1.165) is 37.1 Å². The number of aryl methyl sites for hydroxylation is 2. The summed E-state index contributed by atoms with van der Waals surface area (Å²) >= 11 is 0. The zero-order valence-electron chi connectivity index (χ0n) is 12.0. The van der Waals surface area contributed by atoms with E-state index in [1.807, 2.05) is 19.9 Å². The number of fused-ring (bicyclic) bond motifs is 1. The van der Waals surface area contributed by atoms with Crippen LogP contribution < -0.4 is 0 Å². The highest BCUT2D eigenvalue weighted by Gasteiger charge is 2.16. The van der Waals surface area contributed by atoms with Crippen molar-refractivity contribution in [2.24, 2.45) is 5.41 Å². The van der Waals surface area contributed by atoms with E-state index in [-0.39, 0.29) is 5.41 Å². The molecule has 0 N–H and O–H groups in total. The smallest absolute Gasteiger partial charge is 0.109 e. The van der Waals surface area contributed by atoms with Gasteiger partial charge < -0.3 is 4.57 Å². The molecule has 2 rings (SSSR count). The Bertz CT molecular complexity index is 602. The lowest BCUT2D eigenvalue weighted by Crippen LogP contribution is -2.10. The molecule has 0 bridgehead atoms. The van der Waals surface area contributed by atoms with Gasteiger partial charge in [0.1, 0.15) is 5.82 Å². The van der Waals surface area contributed by atoms with Crippen LogP contribution in [0.2, 0.25) is 0 Å². The van der Waals surface area contributed by atoms with E-state index >= 15 is 0 Å². The van der Waals surface area contributed by atoms with Crippen LogP contribution >= 0.6 is 0 Å². The molecular weight excluding hydrogens is 234 g/mol. The standard InChI is InChI=1S/C16H21N3/c1-4-15-18-13-8-5-6-9-14(13)19(15)11-7-10-16(2,3)12-17/h5-6,8-9H,4,7,10-11H2,1-3H3. The maximum absolute atomic E-state index is 9.05. The SMILES string of the molecule is CCc1nc2ccccc2n1CCCC(C)(C)C#N. The van der Waals surface area contributed by atoms with E-state index in [1.165, 1.54) is 5.52 Å². The monoisotopic (exact) mass is 255 g/mol. The van der Waals surface area contributed by atoms with Gasteiger partial charge in [0.15, 0.2) is 0 Å². The first-order valence-electron chi connectivity index (χ1n) is 6.93. The fourth-order valence-electron chi connectivity index (χ4n) is 2.38. The summed E-state index contributed by atoms with van der Waals surface area (Å²) in [5.74, 6) is 1.14. The van der Waals surface area contributed by atoms with Gasteiger partial charge >= 0.3 is 0 Å². The molecule has 0 amide bonds. The van der Waals surface area contributed by atoms with Crippen LogP contribution in [-0.4, -0.2) is 9.55 Å². The normalized spacial score (nSPS) is 11.7. The number of nitriles is 1. The molecule has 3 nitrogen and oxygen atoms in total. The molecule has 2 aromatic rings. The summed E-state index contributed by atoms with van der Waals surface area (Å²) in [5, 5.41) is 9.05. The molecule has 19 heavy (non-hydrogen) atoms. The molecule has 0 aliphatic heterocycles. The average Bonchev–Trinajstić information content (AvgIpc) is 2.77. The van der Waals surface area contributed by atoms with Crippen LogP contribution in [0.1, 0.15) is 39.4 Å². The van der Waals surface area contributed by atoms with Gasteiger partial charge in [-0.25, -0.2) is 4.98 Å². The second-order valence-electron chi connectivity index (χ2n) is 5.62. The van der Waals surface area contributed by atoms with Gasteiger partial charge in [-0.3, -0.25) is 0 Å². The Morgan fingerprint density at radius 2 is 2.05 bits per heavy atom. The minimum Gasteiger partial charge on any atom is -0.328 e. The number of benzene rings is 1. The van der Waals surface area contributed by atoms with Crippen LogP contribution in [-0.2, 0) is 13.0 Å². The van der Waals surface area contributed by atoms with Gasteiger partial charge in [0, 0.05) is 13.0 Å². The molecule has 0 aliphatic rings. The first-order valence-corrected chi connectivity index (χ1v) is 6.93. The Labute approximate surface area is 114 Å². The van der Waals surface area contributed by atoms with Crippen molar-refractivity contribution >= 4 is 11.0 Å². The Kier molecular flexibility index (Phi) is 3.90. The highest BCUT2D eigenvalue weighted by Crippen LogP contribution is 2.23. The van der Waals surface area contributed by atoms with Crippen molar-refractivity contribution in [1.82, 2.24) is 9.55 Å². The lowest BCUT2D eigenvalue weighted by Gasteiger charge is -2.15. The summed E-state index contributed by atoms with van der Waals surface area (Å²) in [6.07, 6.45) is 2.86. The third-order valence-corrected chi connectivity index (χ3v) is 3.54. The van der Waals surface area contributed by atoms with Gasteiger partial charge in [-0.05, 0) is 38.8 Å². The molecule has 0 saturated heterocycles. The minimum absolute atomic E-state index is 0.233. The van der Waals surface area contributed by atoms with Gasteiger partial charge in [0.2, 0.25) is 0 Å². The van der Waals surface area contributed by atoms with Crippen molar-refractivity contribution in [3.63, 3.8) is 0 Å². The van der Waals surface area contributed by atoms with Crippen molar-refractivity contribution in [3.05, 3.63) is 30.1 Å². The fraction of sp³-hybridized carbons (Fsp3) is 0.500. The van der Waals surface area contributed by atoms with Crippen LogP contribution in [0.25, 0.3) is 11.0 Å². The first-order chi connectivity index (χ1) is 9.07. The van der Waals surface area contributed by atoms with Crippen molar-refractivity contribution in [1.29, 1.82) is 5.26 Å². The lowest BCUT2D eigenvalue weighted by atomic mass is 9.90. The van der Waals surface area contributed by atoms with E-state index in [4.69, 9.17) is 5.26 Å². The molecule has 0 unspecified atom stereocenters. The van der Waals surface area contributed by atoms with Crippen molar-refractivity contribution in [2.75, 3.05) is 0 Å². The van der Waals surface area contributed by atoms with Crippen LogP contribution in [0.5, 0.6) is 0 Å². The number of rotatable bonds is 5. The highest BCUT2D eigenvalue weighted by molar-refractivity contribution is 5.75. The third-order valence-electron chi connectivity index (χ3n) is 3.54. The number of aromatic nitrogens is 2. The van der Waals surface area contributed by atoms with Gasteiger partial charge in [-0.2, -0.15) is 5.26 Å². The molecule has 0 fully saturated rings. The predicted molar refractivity (Wildman–Crippen MR) is 77.7 cm³/mol. The molecule has 0 atom stereocenters. The first kappa shape index (κ1) is 13.6. The van der Waals surface area contributed by atoms with Crippen LogP contribution in [0.3, 0.4) is 0 Å². The topological polar surface area (TPSA) is 41.6 Å². The molecule has 100 valence electrons. The quantitative estimate of drug-likeness (QED) is 0.812. The number of nitrogens with zero attached hydrogens (tertiary/aromatic N) is 3. The average molecular weight is 255 g/mol. The number of hydrogen-bond donors (Lipinski definition) is 0. The molecule has 3 heteroatoms. The van der Waals surface area contributed by atoms with Crippen LogP contribution in [0.4, 0.5) is 0 Å². The third kappa shape index (κ3) is 2.96. The lowest BCUT2D eigenvalue weighted by molar-refractivity contribution is 0.415. The fourth-order valence-corrected chi connectivity index (χ4v) is 2.38. The van der Waals surface area contributed by atoms with Crippen molar-refractivity contribution in [3.8, 4) is 6.07 Å². The van der Waals surface area contributed by atoms with E-state index < -0.39 is 0 Å².